The number of imidazole rings is 1. The molecule has 3 aromatic heterocycles. The normalized spacial score (nSPS) is 17.6. The fourth-order valence-corrected chi connectivity index (χ4v) is 4.25. The van der Waals surface area contributed by atoms with Gasteiger partial charge in [-0.2, -0.15) is 18.2 Å². The smallest absolute Gasteiger partial charge is 0.389 e. The SMILES string of the molecule is CC1(c2ccc(F)cc2)C(=O)Nc2nc(-c3cn4ccnc4c(CCCC(F)(F)F)n3)nc(O)c21. The van der Waals surface area contributed by atoms with Gasteiger partial charge in [-0.1, -0.05) is 12.1 Å². The number of hydrogen-bond acceptors (Lipinski definition) is 6. The minimum atomic E-state index is -4.28. The van der Waals surface area contributed by atoms with Gasteiger partial charge in [-0.15, -0.1) is 0 Å². The van der Waals surface area contributed by atoms with Gasteiger partial charge in [-0.3, -0.25) is 4.79 Å². The first kappa shape index (κ1) is 22.7. The average Bonchev–Trinajstić information content (AvgIpc) is 3.36. The average molecular weight is 486 g/mol. The maximum atomic E-state index is 13.4. The summed E-state index contributed by atoms with van der Waals surface area (Å²) in [6.07, 6.45) is -0.775. The lowest BCUT2D eigenvalue weighted by atomic mass is 9.78. The van der Waals surface area contributed by atoms with Crippen LogP contribution in [0.2, 0.25) is 0 Å². The molecule has 0 fully saturated rings. The standard InChI is InChI=1S/C23H18F4N6O2/c1-22(12-4-6-13(24)7-5-12)16-18(32-21(22)35)30-17(31-20(16)34)15-11-33-10-9-28-19(33)14(29-15)3-2-8-23(25,26)27/h4-7,9-11H,2-3,8H2,1H3,(H2,30,31,32,34,35). The number of carbonyl (C=O) groups is 1. The number of aryl methyl sites for hydroxylation is 1. The summed E-state index contributed by atoms with van der Waals surface area (Å²) < 4.78 is 52.9. The van der Waals surface area contributed by atoms with Gasteiger partial charge in [0.25, 0.3) is 0 Å². The number of alkyl halides is 3. The number of aromatic nitrogens is 5. The van der Waals surface area contributed by atoms with Crippen LogP contribution in [-0.2, 0) is 16.6 Å². The van der Waals surface area contributed by atoms with E-state index in [1.165, 1.54) is 36.7 Å². The maximum Gasteiger partial charge on any atom is 0.389 e. The molecule has 35 heavy (non-hydrogen) atoms. The molecule has 0 radical (unpaired) electrons. The van der Waals surface area contributed by atoms with E-state index in [1.54, 1.807) is 17.5 Å². The number of anilines is 1. The number of carbonyl (C=O) groups excluding carboxylic acids is 1. The number of amides is 1. The summed E-state index contributed by atoms with van der Waals surface area (Å²) >= 11 is 0. The van der Waals surface area contributed by atoms with Crippen LogP contribution in [0.1, 0.15) is 36.6 Å². The summed E-state index contributed by atoms with van der Waals surface area (Å²) in [5.74, 6) is -1.39. The van der Waals surface area contributed by atoms with Crippen molar-refractivity contribution in [2.75, 3.05) is 5.32 Å². The molecule has 1 atom stereocenters. The van der Waals surface area contributed by atoms with Crippen LogP contribution >= 0.6 is 0 Å². The molecule has 4 aromatic rings. The number of hydrogen-bond donors (Lipinski definition) is 2. The minimum absolute atomic E-state index is 0.0180. The van der Waals surface area contributed by atoms with Crippen molar-refractivity contribution in [2.24, 2.45) is 0 Å². The van der Waals surface area contributed by atoms with Gasteiger partial charge in [0.15, 0.2) is 11.5 Å². The van der Waals surface area contributed by atoms with Crippen LogP contribution in [0.5, 0.6) is 5.88 Å². The van der Waals surface area contributed by atoms with Gasteiger partial charge in [0.1, 0.15) is 22.7 Å². The highest BCUT2D eigenvalue weighted by Crippen LogP contribution is 2.46. The summed E-state index contributed by atoms with van der Waals surface area (Å²) in [5, 5.41) is 13.5. The fraction of sp³-hybridized carbons (Fsp3) is 0.261. The zero-order chi connectivity index (χ0) is 25.0. The quantitative estimate of drug-likeness (QED) is 0.410. The Balaban J connectivity index is 1.56. The van der Waals surface area contributed by atoms with Crippen molar-refractivity contribution in [1.29, 1.82) is 0 Å². The molecule has 2 N–H and O–H groups in total. The van der Waals surface area contributed by atoms with Gasteiger partial charge < -0.3 is 14.8 Å². The van der Waals surface area contributed by atoms with Crippen LogP contribution in [-0.4, -0.2) is 41.5 Å². The van der Waals surface area contributed by atoms with Gasteiger partial charge in [0, 0.05) is 25.0 Å². The van der Waals surface area contributed by atoms with Crippen molar-refractivity contribution in [3.05, 3.63) is 65.5 Å². The van der Waals surface area contributed by atoms with Gasteiger partial charge in [-0.05, 0) is 37.5 Å². The zero-order valence-corrected chi connectivity index (χ0v) is 18.3. The van der Waals surface area contributed by atoms with E-state index in [0.29, 0.717) is 16.9 Å². The molecule has 0 saturated carbocycles. The number of aromatic hydroxyl groups is 1. The van der Waals surface area contributed by atoms with Crippen molar-refractivity contribution < 1.29 is 27.5 Å². The first-order valence-corrected chi connectivity index (χ1v) is 10.6. The van der Waals surface area contributed by atoms with Crippen molar-refractivity contribution in [3.8, 4) is 17.4 Å². The Hall–Kier alpha value is -4.09. The molecular formula is C23H18F4N6O2. The van der Waals surface area contributed by atoms with E-state index in [0.717, 1.165) is 0 Å². The summed E-state index contributed by atoms with van der Waals surface area (Å²) in [6, 6.07) is 5.31. The zero-order valence-electron chi connectivity index (χ0n) is 18.3. The van der Waals surface area contributed by atoms with Crippen LogP contribution < -0.4 is 5.32 Å². The summed E-state index contributed by atoms with van der Waals surface area (Å²) in [6.45, 7) is 1.57. The molecule has 4 heterocycles. The van der Waals surface area contributed by atoms with E-state index in [4.69, 9.17) is 0 Å². The predicted octanol–water partition coefficient (Wildman–Crippen LogP) is 4.17. The summed E-state index contributed by atoms with van der Waals surface area (Å²) in [7, 11) is 0. The molecule has 1 amide bonds. The molecule has 1 aliphatic rings. The molecular weight excluding hydrogens is 468 g/mol. The molecule has 12 heteroatoms. The fourth-order valence-electron chi connectivity index (χ4n) is 4.25. The third-order valence-electron chi connectivity index (χ3n) is 6.04. The van der Waals surface area contributed by atoms with Crippen molar-refractivity contribution >= 4 is 17.4 Å². The second kappa shape index (κ2) is 8.00. The number of nitrogens with zero attached hydrogens (tertiary/aromatic N) is 5. The Morgan fingerprint density at radius 3 is 2.60 bits per heavy atom. The highest BCUT2D eigenvalue weighted by molar-refractivity contribution is 6.08. The minimum Gasteiger partial charge on any atom is -0.493 e. The molecule has 0 spiro atoms. The van der Waals surface area contributed by atoms with Crippen LogP contribution in [0.25, 0.3) is 17.2 Å². The molecule has 1 aromatic carbocycles. The molecule has 8 nitrogen and oxygen atoms in total. The Morgan fingerprint density at radius 1 is 1.14 bits per heavy atom. The Morgan fingerprint density at radius 2 is 1.89 bits per heavy atom. The molecule has 180 valence electrons. The largest absolute Gasteiger partial charge is 0.493 e. The van der Waals surface area contributed by atoms with E-state index < -0.39 is 35.6 Å². The maximum absolute atomic E-state index is 13.4. The monoisotopic (exact) mass is 486 g/mol. The first-order valence-electron chi connectivity index (χ1n) is 10.6. The number of fused-ring (bicyclic) bond motifs is 2. The van der Waals surface area contributed by atoms with Crippen LogP contribution in [0, 0.1) is 5.82 Å². The second-order valence-electron chi connectivity index (χ2n) is 8.38. The topological polar surface area (TPSA) is 105 Å². The van der Waals surface area contributed by atoms with E-state index in [9.17, 15) is 27.5 Å². The van der Waals surface area contributed by atoms with Crippen molar-refractivity contribution in [1.82, 2.24) is 24.3 Å². The number of benzene rings is 1. The highest BCUT2D eigenvalue weighted by Gasteiger charge is 2.48. The van der Waals surface area contributed by atoms with Gasteiger partial charge >= 0.3 is 6.18 Å². The molecule has 5 rings (SSSR count). The molecule has 0 aliphatic carbocycles. The van der Waals surface area contributed by atoms with E-state index in [1.807, 2.05) is 0 Å². The lowest BCUT2D eigenvalue weighted by Crippen LogP contribution is -2.32. The van der Waals surface area contributed by atoms with Crippen LogP contribution in [0.3, 0.4) is 0 Å². The Kier molecular flexibility index (Phi) is 5.18. The number of halogens is 4. The summed E-state index contributed by atoms with van der Waals surface area (Å²) in [5.41, 5.74) is 0.105. The first-order chi connectivity index (χ1) is 16.6. The third kappa shape index (κ3) is 3.94. The van der Waals surface area contributed by atoms with Gasteiger partial charge in [0.05, 0.1) is 11.3 Å². The van der Waals surface area contributed by atoms with E-state index in [2.05, 4.69) is 25.3 Å². The summed E-state index contributed by atoms with van der Waals surface area (Å²) in [4.78, 5) is 30.0. The predicted molar refractivity (Wildman–Crippen MR) is 116 cm³/mol. The van der Waals surface area contributed by atoms with Crippen molar-refractivity contribution in [2.45, 2.75) is 37.8 Å². The number of nitrogens with one attached hydrogen (secondary N) is 1. The van der Waals surface area contributed by atoms with Crippen LogP contribution in [0.4, 0.5) is 23.4 Å². The molecule has 1 unspecified atom stereocenters. The molecule has 0 bridgehead atoms. The lowest BCUT2D eigenvalue weighted by molar-refractivity contribution is -0.135. The molecule has 0 saturated heterocycles. The third-order valence-corrected chi connectivity index (χ3v) is 6.04. The second-order valence-corrected chi connectivity index (χ2v) is 8.38. The van der Waals surface area contributed by atoms with E-state index in [-0.39, 0.29) is 35.7 Å². The van der Waals surface area contributed by atoms with Crippen LogP contribution in [0.15, 0.2) is 42.9 Å². The Bertz CT molecular complexity index is 1450. The molecule has 1 aliphatic heterocycles. The Labute approximate surface area is 195 Å². The van der Waals surface area contributed by atoms with Gasteiger partial charge in [-0.25, -0.2) is 19.3 Å². The van der Waals surface area contributed by atoms with E-state index >= 15 is 0 Å². The van der Waals surface area contributed by atoms with Crippen molar-refractivity contribution in [3.63, 3.8) is 0 Å². The highest BCUT2D eigenvalue weighted by atomic mass is 19.4. The lowest BCUT2D eigenvalue weighted by Gasteiger charge is -2.22. The van der Waals surface area contributed by atoms with Gasteiger partial charge in [0.2, 0.25) is 11.8 Å². The number of rotatable bonds is 5.